The van der Waals surface area contributed by atoms with Crippen molar-refractivity contribution in [3.63, 3.8) is 0 Å². The van der Waals surface area contributed by atoms with E-state index in [0.717, 1.165) is 37.5 Å². The fraction of sp³-hybridized carbons (Fsp3) is 0.308. The Morgan fingerprint density at radius 2 is 2.06 bits per heavy atom. The van der Waals surface area contributed by atoms with Crippen LogP contribution in [0.25, 0.3) is 10.9 Å². The number of fused-ring (bicyclic) bond motifs is 1. The van der Waals surface area contributed by atoms with Crippen LogP contribution < -0.4 is 10.3 Å². The Morgan fingerprint density at radius 1 is 1.28 bits per heavy atom. The molecule has 0 aliphatic carbocycles. The quantitative estimate of drug-likeness (QED) is 0.878. The number of hydrogen-bond acceptors (Lipinski definition) is 3. The van der Waals surface area contributed by atoms with E-state index in [-0.39, 0.29) is 5.43 Å². The zero-order chi connectivity index (χ0) is 12.5. The maximum atomic E-state index is 12.1. The van der Waals surface area contributed by atoms with E-state index in [2.05, 4.69) is 25.8 Å². The third-order valence-electron chi connectivity index (χ3n) is 3.20. The summed E-state index contributed by atoms with van der Waals surface area (Å²) in [6.45, 7) is 3.23. The normalized spacial score (nSPS) is 16.2. The van der Waals surface area contributed by atoms with Crippen LogP contribution in [0.2, 0.25) is 0 Å². The van der Waals surface area contributed by atoms with E-state index in [1.54, 1.807) is 6.20 Å². The molecule has 0 unspecified atom stereocenters. The largest absolute Gasteiger partial charge is 0.378 e. The molecule has 0 bridgehead atoms. The first-order valence-corrected chi connectivity index (χ1v) is 6.68. The molecule has 18 heavy (non-hydrogen) atoms. The molecule has 0 radical (unpaired) electrons. The third-order valence-corrected chi connectivity index (χ3v) is 3.78. The molecule has 1 saturated heterocycles. The number of H-pyrrole nitrogens is 1. The van der Waals surface area contributed by atoms with Crippen molar-refractivity contribution in [2.24, 2.45) is 0 Å². The van der Waals surface area contributed by atoms with E-state index in [0.29, 0.717) is 9.86 Å². The van der Waals surface area contributed by atoms with Crippen molar-refractivity contribution in [3.8, 4) is 0 Å². The van der Waals surface area contributed by atoms with Crippen LogP contribution in [0.1, 0.15) is 0 Å². The molecule has 0 saturated carbocycles. The lowest BCUT2D eigenvalue weighted by atomic mass is 10.1. The van der Waals surface area contributed by atoms with Crippen LogP contribution >= 0.6 is 15.9 Å². The number of morpholine rings is 1. The highest BCUT2D eigenvalue weighted by Crippen LogP contribution is 2.21. The summed E-state index contributed by atoms with van der Waals surface area (Å²) in [5.41, 5.74) is 1.97. The molecule has 1 aliphatic rings. The summed E-state index contributed by atoms with van der Waals surface area (Å²) >= 11 is 3.26. The molecule has 94 valence electrons. The fourth-order valence-electron chi connectivity index (χ4n) is 2.20. The molecule has 1 aliphatic heterocycles. The lowest BCUT2D eigenvalue weighted by Gasteiger charge is -2.28. The van der Waals surface area contributed by atoms with E-state index in [1.165, 1.54) is 0 Å². The Balaban J connectivity index is 2.09. The van der Waals surface area contributed by atoms with Gasteiger partial charge in [0.15, 0.2) is 0 Å². The van der Waals surface area contributed by atoms with Gasteiger partial charge < -0.3 is 14.6 Å². The summed E-state index contributed by atoms with van der Waals surface area (Å²) in [4.78, 5) is 17.4. The minimum Gasteiger partial charge on any atom is -0.378 e. The maximum Gasteiger partial charge on any atom is 0.203 e. The van der Waals surface area contributed by atoms with Gasteiger partial charge in [-0.05, 0) is 34.1 Å². The predicted molar refractivity (Wildman–Crippen MR) is 75.3 cm³/mol. The molecule has 1 aromatic heterocycles. The zero-order valence-electron chi connectivity index (χ0n) is 9.78. The van der Waals surface area contributed by atoms with Crippen molar-refractivity contribution in [1.29, 1.82) is 0 Å². The second-order valence-corrected chi connectivity index (χ2v) is 5.15. The number of hydrogen-bond donors (Lipinski definition) is 1. The van der Waals surface area contributed by atoms with Gasteiger partial charge >= 0.3 is 0 Å². The molecule has 2 heterocycles. The van der Waals surface area contributed by atoms with Gasteiger partial charge in [-0.2, -0.15) is 0 Å². The van der Waals surface area contributed by atoms with Gasteiger partial charge in [-0.3, -0.25) is 4.79 Å². The third kappa shape index (κ3) is 2.04. The number of pyridine rings is 1. The number of ether oxygens (including phenoxy) is 1. The molecule has 5 heteroatoms. The van der Waals surface area contributed by atoms with Gasteiger partial charge in [0.1, 0.15) is 0 Å². The lowest BCUT2D eigenvalue weighted by Crippen LogP contribution is -2.36. The lowest BCUT2D eigenvalue weighted by molar-refractivity contribution is 0.122. The van der Waals surface area contributed by atoms with Crippen molar-refractivity contribution < 1.29 is 4.74 Å². The number of aromatic nitrogens is 1. The number of halogens is 1. The first kappa shape index (κ1) is 11.7. The molecule has 0 spiro atoms. The first-order chi connectivity index (χ1) is 8.75. The minimum absolute atomic E-state index is 0.0267. The summed E-state index contributed by atoms with van der Waals surface area (Å²) in [5.74, 6) is 0. The summed E-state index contributed by atoms with van der Waals surface area (Å²) in [5, 5.41) is 0.716. The molecular weight excluding hydrogens is 296 g/mol. The van der Waals surface area contributed by atoms with Crippen molar-refractivity contribution in [3.05, 3.63) is 39.1 Å². The summed E-state index contributed by atoms with van der Waals surface area (Å²) in [7, 11) is 0. The van der Waals surface area contributed by atoms with Gasteiger partial charge in [0.2, 0.25) is 5.43 Å². The molecular formula is C13H13BrN2O2. The van der Waals surface area contributed by atoms with E-state index in [4.69, 9.17) is 4.74 Å². The van der Waals surface area contributed by atoms with Crippen molar-refractivity contribution in [2.45, 2.75) is 0 Å². The Bertz CT molecular complexity index is 632. The second-order valence-electron chi connectivity index (χ2n) is 4.30. The van der Waals surface area contributed by atoms with Gasteiger partial charge in [-0.1, -0.05) is 0 Å². The molecule has 1 N–H and O–H groups in total. The van der Waals surface area contributed by atoms with E-state index < -0.39 is 0 Å². The average Bonchev–Trinajstić information content (AvgIpc) is 2.44. The molecule has 1 aromatic carbocycles. The Morgan fingerprint density at radius 3 is 2.83 bits per heavy atom. The van der Waals surface area contributed by atoms with Gasteiger partial charge in [0, 0.05) is 35.9 Å². The highest BCUT2D eigenvalue weighted by Gasteiger charge is 2.12. The van der Waals surface area contributed by atoms with Crippen LogP contribution in [0.3, 0.4) is 0 Å². The molecule has 4 nitrogen and oxygen atoms in total. The van der Waals surface area contributed by atoms with Crippen LogP contribution in [-0.2, 0) is 4.74 Å². The monoisotopic (exact) mass is 308 g/mol. The number of aromatic amines is 1. The smallest absolute Gasteiger partial charge is 0.203 e. The fourth-order valence-corrected chi connectivity index (χ4v) is 2.53. The second kappa shape index (κ2) is 4.74. The van der Waals surface area contributed by atoms with Crippen LogP contribution in [0.15, 0.2) is 33.7 Å². The Hall–Kier alpha value is -1.33. The molecule has 3 rings (SSSR count). The first-order valence-electron chi connectivity index (χ1n) is 5.89. The van der Waals surface area contributed by atoms with Gasteiger partial charge in [-0.15, -0.1) is 0 Å². The molecule has 2 aromatic rings. The molecule has 0 amide bonds. The van der Waals surface area contributed by atoms with E-state index in [9.17, 15) is 4.79 Å². The van der Waals surface area contributed by atoms with Crippen molar-refractivity contribution in [2.75, 3.05) is 31.2 Å². The SMILES string of the molecule is O=c1c(Br)c[nH]c2ccc(N3CCOCC3)cc12. The van der Waals surface area contributed by atoms with Crippen LogP contribution in [-0.4, -0.2) is 31.3 Å². The van der Waals surface area contributed by atoms with Gasteiger partial charge in [0.05, 0.1) is 17.7 Å². The van der Waals surface area contributed by atoms with Gasteiger partial charge in [0.25, 0.3) is 0 Å². The summed E-state index contributed by atoms with van der Waals surface area (Å²) < 4.78 is 5.90. The highest BCUT2D eigenvalue weighted by atomic mass is 79.9. The van der Waals surface area contributed by atoms with Crippen molar-refractivity contribution in [1.82, 2.24) is 4.98 Å². The predicted octanol–water partition coefficient (Wildman–Crippen LogP) is 2.13. The van der Waals surface area contributed by atoms with Crippen LogP contribution in [0.4, 0.5) is 5.69 Å². The van der Waals surface area contributed by atoms with Gasteiger partial charge in [-0.25, -0.2) is 0 Å². The van der Waals surface area contributed by atoms with Crippen molar-refractivity contribution >= 4 is 32.5 Å². The Labute approximate surface area is 113 Å². The standard InChI is InChI=1S/C13H13BrN2O2/c14-11-8-15-12-2-1-9(7-10(12)13(11)17)16-3-5-18-6-4-16/h1-2,7-8H,3-6H2,(H,15,17). The molecule has 0 atom stereocenters. The highest BCUT2D eigenvalue weighted by molar-refractivity contribution is 9.10. The van der Waals surface area contributed by atoms with E-state index in [1.807, 2.05) is 18.2 Å². The number of benzene rings is 1. The van der Waals surface area contributed by atoms with E-state index >= 15 is 0 Å². The number of anilines is 1. The zero-order valence-corrected chi connectivity index (χ0v) is 11.4. The van der Waals surface area contributed by atoms with Crippen LogP contribution in [0.5, 0.6) is 0 Å². The van der Waals surface area contributed by atoms with Crippen LogP contribution in [0, 0.1) is 0 Å². The Kier molecular flexibility index (Phi) is 3.09. The number of rotatable bonds is 1. The minimum atomic E-state index is 0.0267. The number of nitrogens with one attached hydrogen (secondary N) is 1. The maximum absolute atomic E-state index is 12.1. The topological polar surface area (TPSA) is 45.3 Å². The summed E-state index contributed by atoms with van der Waals surface area (Å²) in [6, 6.07) is 5.94. The molecule has 1 fully saturated rings. The average molecular weight is 309 g/mol. The number of nitrogens with zero attached hydrogens (tertiary/aromatic N) is 1. The summed E-state index contributed by atoms with van der Waals surface area (Å²) in [6.07, 6.45) is 1.68.